The number of aromatic nitrogens is 2. The fourth-order valence-corrected chi connectivity index (χ4v) is 3.46. The first-order valence-corrected chi connectivity index (χ1v) is 9.36. The predicted molar refractivity (Wildman–Crippen MR) is 101 cm³/mol. The van der Waals surface area contributed by atoms with E-state index >= 15 is 0 Å². The molecule has 1 aromatic heterocycles. The van der Waals surface area contributed by atoms with Crippen LogP contribution in [0.5, 0.6) is 0 Å². The Kier molecular flexibility index (Phi) is 6.26. The van der Waals surface area contributed by atoms with Crippen molar-refractivity contribution < 1.29 is 23.9 Å². The van der Waals surface area contributed by atoms with E-state index in [-0.39, 0.29) is 37.2 Å². The molecule has 1 aliphatic carbocycles. The molecule has 1 saturated carbocycles. The van der Waals surface area contributed by atoms with Gasteiger partial charge in [-0.15, -0.1) is 0 Å². The zero-order valence-electron chi connectivity index (χ0n) is 16.1. The molecule has 29 heavy (non-hydrogen) atoms. The number of carbonyl (C=O) groups excluding carboxylic acids is 2. The van der Waals surface area contributed by atoms with Crippen molar-refractivity contribution in [1.29, 1.82) is 0 Å². The Balaban J connectivity index is 0.000000755. The Labute approximate surface area is 167 Å². The molecule has 0 spiro atoms. The number of piperazine rings is 1. The summed E-state index contributed by atoms with van der Waals surface area (Å²) in [5.74, 6) is 0.233. The molecule has 1 N–H and O–H groups in total. The molecule has 4 rings (SSSR count). The number of benzene rings is 1. The highest BCUT2D eigenvalue weighted by Gasteiger charge is 2.37. The van der Waals surface area contributed by atoms with Crippen molar-refractivity contribution in [3.8, 4) is 0 Å². The summed E-state index contributed by atoms with van der Waals surface area (Å²) in [6.45, 7) is 2.06. The topological polar surface area (TPSA) is 95.7 Å². The summed E-state index contributed by atoms with van der Waals surface area (Å²) in [6.07, 6.45) is 5.94. The largest absolute Gasteiger partial charge is 0.483 e. The van der Waals surface area contributed by atoms with Crippen LogP contribution in [-0.2, 0) is 27.5 Å². The Hall–Kier alpha value is -3.23. The molecular formula is C20H23FN4O4. The summed E-state index contributed by atoms with van der Waals surface area (Å²) in [6, 6.07) is 6.02. The van der Waals surface area contributed by atoms with E-state index in [1.54, 1.807) is 30.2 Å². The molecule has 0 unspecified atom stereocenters. The predicted octanol–water partition coefficient (Wildman–Crippen LogP) is 1.82. The minimum absolute atomic E-state index is 0.00379. The highest BCUT2D eigenvalue weighted by molar-refractivity contribution is 5.94. The second kappa shape index (κ2) is 8.85. The van der Waals surface area contributed by atoms with E-state index in [1.165, 1.54) is 17.0 Å². The third kappa shape index (κ3) is 4.79. The number of nitrogens with zero attached hydrogens (tertiary/aromatic N) is 4. The lowest BCUT2D eigenvalue weighted by atomic mass is 10.1. The molecule has 2 aliphatic rings. The SMILES string of the molecule is C[C@H]1C(=O)N(Cc2cccc(F)c2)CC(=O)N1Cc1nccn1C1CC1.O=CO. The Morgan fingerprint density at radius 2 is 2.00 bits per heavy atom. The number of hydrogen-bond donors (Lipinski definition) is 1. The number of rotatable bonds is 5. The van der Waals surface area contributed by atoms with E-state index in [4.69, 9.17) is 9.90 Å². The quantitative estimate of drug-likeness (QED) is 0.770. The average Bonchev–Trinajstić information content (AvgIpc) is 3.42. The summed E-state index contributed by atoms with van der Waals surface area (Å²) in [5, 5.41) is 6.89. The second-order valence-electron chi connectivity index (χ2n) is 7.11. The van der Waals surface area contributed by atoms with Crippen LogP contribution in [0.15, 0.2) is 36.7 Å². The first kappa shape index (κ1) is 20.5. The summed E-state index contributed by atoms with van der Waals surface area (Å²) in [7, 11) is 0. The van der Waals surface area contributed by atoms with Crippen molar-refractivity contribution in [3.63, 3.8) is 0 Å². The molecule has 2 heterocycles. The fraction of sp³-hybridized carbons (Fsp3) is 0.400. The van der Waals surface area contributed by atoms with Crippen LogP contribution in [0.3, 0.4) is 0 Å². The van der Waals surface area contributed by atoms with Gasteiger partial charge in [0.1, 0.15) is 24.2 Å². The van der Waals surface area contributed by atoms with Crippen LogP contribution >= 0.6 is 0 Å². The van der Waals surface area contributed by atoms with Crippen molar-refractivity contribution in [2.45, 2.75) is 44.9 Å². The van der Waals surface area contributed by atoms with E-state index in [1.807, 2.05) is 6.20 Å². The van der Waals surface area contributed by atoms with Gasteiger partial charge in [0.05, 0.1) is 6.54 Å². The maximum absolute atomic E-state index is 13.4. The number of amides is 2. The molecule has 0 radical (unpaired) electrons. The molecule has 1 aromatic carbocycles. The van der Waals surface area contributed by atoms with Gasteiger partial charge in [-0.25, -0.2) is 9.37 Å². The average molecular weight is 402 g/mol. The number of carbonyl (C=O) groups is 3. The van der Waals surface area contributed by atoms with Crippen LogP contribution in [0, 0.1) is 5.82 Å². The first-order valence-electron chi connectivity index (χ1n) is 9.36. The molecule has 1 atom stereocenters. The second-order valence-corrected chi connectivity index (χ2v) is 7.11. The monoisotopic (exact) mass is 402 g/mol. The molecule has 9 heteroatoms. The summed E-state index contributed by atoms with van der Waals surface area (Å²) in [5.41, 5.74) is 0.677. The first-order chi connectivity index (χ1) is 13.9. The zero-order chi connectivity index (χ0) is 21.0. The highest BCUT2D eigenvalue weighted by atomic mass is 19.1. The van der Waals surface area contributed by atoms with Crippen molar-refractivity contribution in [3.05, 3.63) is 53.9 Å². The third-order valence-corrected chi connectivity index (χ3v) is 5.05. The van der Waals surface area contributed by atoms with Gasteiger partial charge in [0.15, 0.2) is 0 Å². The van der Waals surface area contributed by atoms with E-state index < -0.39 is 6.04 Å². The van der Waals surface area contributed by atoms with Crippen LogP contribution in [-0.4, -0.2) is 55.3 Å². The van der Waals surface area contributed by atoms with Gasteiger partial charge in [-0.05, 0) is 37.5 Å². The van der Waals surface area contributed by atoms with Gasteiger partial charge in [-0.2, -0.15) is 0 Å². The number of carboxylic acid groups (broad SMARTS) is 1. The van der Waals surface area contributed by atoms with Crippen molar-refractivity contribution in [1.82, 2.24) is 19.4 Å². The van der Waals surface area contributed by atoms with Gasteiger partial charge >= 0.3 is 0 Å². The van der Waals surface area contributed by atoms with Gasteiger partial charge in [0, 0.05) is 25.0 Å². The minimum atomic E-state index is -0.561. The van der Waals surface area contributed by atoms with E-state index in [2.05, 4.69) is 9.55 Å². The molecule has 8 nitrogen and oxygen atoms in total. The van der Waals surface area contributed by atoms with Crippen molar-refractivity contribution in [2.24, 2.45) is 0 Å². The molecule has 2 amide bonds. The normalized spacial score (nSPS) is 19.0. The van der Waals surface area contributed by atoms with Gasteiger partial charge in [-0.3, -0.25) is 14.4 Å². The Morgan fingerprint density at radius 3 is 2.66 bits per heavy atom. The standard InChI is InChI=1S/C19H21FN4O2.CH2O2/c1-13-19(26)22(10-14-3-2-4-15(20)9-14)12-18(25)24(13)11-17-21-7-8-23(17)16-5-6-16;2-1-3/h2-4,7-9,13,16H,5-6,10-12H2,1H3;1H,(H,2,3)/t13-;/m0./s1. The molecule has 0 bridgehead atoms. The maximum Gasteiger partial charge on any atom is 0.290 e. The Morgan fingerprint density at radius 1 is 1.28 bits per heavy atom. The smallest absolute Gasteiger partial charge is 0.290 e. The fourth-order valence-electron chi connectivity index (χ4n) is 3.46. The highest BCUT2D eigenvalue weighted by Crippen LogP contribution is 2.36. The lowest BCUT2D eigenvalue weighted by molar-refractivity contribution is -0.156. The van der Waals surface area contributed by atoms with Crippen LogP contribution in [0.25, 0.3) is 0 Å². The summed E-state index contributed by atoms with van der Waals surface area (Å²) >= 11 is 0. The number of halogens is 1. The minimum Gasteiger partial charge on any atom is -0.483 e. The summed E-state index contributed by atoms with van der Waals surface area (Å²) in [4.78, 5) is 41.2. The van der Waals surface area contributed by atoms with Gasteiger partial charge in [0.2, 0.25) is 11.8 Å². The molecular weight excluding hydrogens is 379 g/mol. The van der Waals surface area contributed by atoms with Crippen molar-refractivity contribution >= 4 is 18.3 Å². The Bertz CT molecular complexity index is 896. The lowest BCUT2D eigenvalue weighted by Gasteiger charge is -2.38. The van der Waals surface area contributed by atoms with Crippen LogP contribution in [0.4, 0.5) is 4.39 Å². The molecule has 1 saturated heterocycles. The third-order valence-electron chi connectivity index (χ3n) is 5.05. The number of imidazole rings is 1. The van der Waals surface area contributed by atoms with E-state index in [9.17, 15) is 14.0 Å². The molecule has 2 fully saturated rings. The lowest BCUT2D eigenvalue weighted by Crippen LogP contribution is -2.58. The summed E-state index contributed by atoms with van der Waals surface area (Å²) < 4.78 is 15.5. The van der Waals surface area contributed by atoms with Gasteiger partial charge in [-0.1, -0.05) is 12.1 Å². The van der Waals surface area contributed by atoms with Gasteiger partial charge in [0.25, 0.3) is 6.47 Å². The van der Waals surface area contributed by atoms with E-state index in [0.717, 1.165) is 18.7 Å². The molecule has 154 valence electrons. The van der Waals surface area contributed by atoms with Crippen LogP contribution in [0.2, 0.25) is 0 Å². The maximum atomic E-state index is 13.4. The zero-order valence-corrected chi connectivity index (χ0v) is 16.1. The van der Waals surface area contributed by atoms with Crippen LogP contribution < -0.4 is 0 Å². The van der Waals surface area contributed by atoms with E-state index in [0.29, 0.717) is 18.2 Å². The molecule has 1 aliphatic heterocycles. The van der Waals surface area contributed by atoms with Gasteiger partial charge < -0.3 is 19.5 Å². The molecule has 2 aromatic rings. The van der Waals surface area contributed by atoms with Crippen molar-refractivity contribution in [2.75, 3.05) is 6.54 Å². The number of hydrogen-bond acceptors (Lipinski definition) is 4. The van der Waals surface area contributed by atoms with Crippen LogP contribution in [0.1, 0.15) is 37.2 Å².